The Balaban J connectivity index is 1.60. The molecule has 0 aromatic rings. The van der Waals surface area contributed by atoms with E-state index in [9.17, 15) is 9.59 Å². The Morgan fingerprint density at radius 1 is 0.933 bits per heavy atom. The van der Waals surface area contributed by atoms with Gasteiger partial charge in [-0.15, -0.1) is 0 Å². The Kier molecular flexibility index (Phi) is 4.31. The number of rotatable bonds is 1. The minimum absolute atomic E-state index is 0.130. The van der Waals surface area contributed by atoms with Crippen LogP contribution in [0.1, 0.15) is 99.3 Å². The fourth-order valence-corrected chi connectivity index (χ4v) is 9.78. The summed E-state index contributed by atoms with van der Waals surface area (Å²) in [4.78, 5) is 26.8. The maximum absolute atomic E-state index is 13.9. The molecular weight excluding hydrogens is 372 g/mol. The normalized spacial score (nSPS) is 52.9. The second-order valence-electron chi connectivity index (χ2n) is 12.4. The van der Waals surface area contributed by atoms with Crippen molar-refractivity contribution in [3.8, 4) is 0 Å². The fraction of sp³-hybridized carbons (Fsp3) is 0.852. The molecule has 3 saturated carbocycles. The molecule has 5 aliphatic rings. The number of ketones is 1. The van der Waals surface area contributed by atoms with Crippen molar-refractivity contribution in [3.63, 3.8) is 0 Å². The average molecular weight is 413 g/mol. The van der Waals surface area contributed by atoms with Gasteiger partial charge < -0.3 is 4.74 Å². The first-order chi connectivity index (χ1) is 14.0. The standard InChI is InChI=1S/C27H40O3/c1-7-24(3)12-8-13-25(4)18(24)11-14-26(5)19-10-9-17-16(2)30-23(29)22(17)27(19,6)21(28)15-20(25)26/h16,18-20H,7-15H2,1-6H3/t16-,18+,19+,20+,24-,25-,26-,27+/m0/s1. The summed E-state index contributed by atoms with van der Waals surface area (Å²) in [7, 11) is 0. The minimum atomic E-state index is -0.646. The lowest BCUT2D eigenvalue weighted by molar-refractivity contribution is -0.194. The van der Waals surface area contributed by atoms with E-state index in [1.54, 1.807) is 0 Å². The first-order valence-electron chi connectivity index (χ1n) is 12.5. The molecular formula is C27H40O3. The van der Waals surface area contributed by atoms with Gasteiger partial charge in [0.05, 0.1) is 11.0 Å². The summed E-state index contributed by atoms with van der Waals surface area (Å²) < 4.78 is 5.62. The molecule has 1 heterocycles. The van der Waals surface area contributed by atoms with Crippen LogP contribution in [0.3, 0.4) is 0 Å². The molecule has 0 bridgehead atoms. The molecule has 8 atom stereocenters. The van der Waals surface area contributed by atoms with Crippen LogP contribution in [-0.4, -0.2) is 17.9 Å². The van der Waals surface area contributed by atoms with Gasteiger partial charge in [-0.1, -0.05) is 40.5 Å². The van der Waals surface area contributed by atoms with Crippen LogP contribution >= 0.6 is 0 Å². The summed E-state index contributed by atoms with van der Waals surface area (Å²) in [6, 6.07) is 0. The molecule has 166 valence electrons. The summed E-state index contributed by atoms with van der Waals surface area (Å²) in [6.07, 6.45) is 10.1. The van der Waals surface area contributed by atoms with Crippen molar-refractivity contribution in [3.05, 3.63) is 11.1 Å². The molecule has 0 aromatic heterocycles. The number of carbonyl (C=O) groups excluding carboxylic acids is 2. The van der Waals surface area contributed by atoms with E-state index in [1.165, 1.54) is 38.5 Å². The van der Waals surface area contributed by atoms with Crippen LogP contribution in [0.5, 0.6) is 0 Å². The third-order valence-corrected chi connectivity index (χ3v) is 11.5. The number of esters is 1. The monoisotopic (exact) mass is 412 g/mol. The number of ether oxygens (including phenoxy) is 1. The highest BCUT2D eigenvalue weighted by Crippen LogP contribution is 2.73. The van der Waals surface area contributed by atoms with Gasteiger partial charge in [0.2, 0.25) is 0 Å². The summed E-state index contributed by atoms with van der Waals surface area (Å²) in [5, 5.41) is 0. The second kappa shape index (κ2) is 6.23. The summed E-state index contributed by atoms with van der Waals surface area (Å²) >= 11 is 0. The number of Topliss-reactive ketones (excluding diaryl/α,β-unsaturated/α-hetero) is 1. The van der Waals surface area contributed by atoms with Crippen molar-refractivity contribution in [2.75, 3.05) is 0 Å². The smallest absolute Gasteiger partial charge is 0.335 e. The van der Waals surface area contributed by atoms with Gasteiger partial charge in [0.15, 0.2) is 0 Å². The summed E-state index contributed by atoms with van der Waals surface area (Å²) in [6.45, 7) is 14.0. The molecule has 3 fully saturated rings. The Morgan fingerprint density at radius 2 is 1.63 bits per heavy atom. The molecule has 30 heavy (non-hydrogen) atoms. The minimum Gasteiger partial charge on any atom is -0.455 e. The largest absolute Gasteiger partial charge is 0.455 e. The van der Waals surface area contributed by atoms with Crippen molar-refractivity contribution in [2.45, 2.75) is 105 Å². The van der Waals surface area contributed by atoms with Gasteiger partial charge in [0.25, 0.3) is 0 Å². The van der Waals surface area contributed by atoms with E-state index in [4.69, 9.17) is 4.74 Å². The predicted molar refractivity (Wildman–Crippen MR) is 118 cm³/mol. The lowest BCUT2D eigenvalue weighted by Crippen LogP contribution is -2.64. The quantitative estimate of drug-likeness (QED) is 0.478. The van der Waals surface area contributed by atoms with Crippen molar-refractivity contribution in [1.29, 1.82) is 0 Å². The first-order valence-corrected chi connectivity index (χ1v) is 12.5. The van der Waals surface area contributed by atoms with Crippen LogP contribution in [-0.2, 0) is 14.3 Å². The van der Waals surface area contributed by atoms with E-state index in [1.807, 2.05) is 6.92 Å². The summed E-state index contributed by atoms with van der Waals surface area (Å²) in [5.74, 6) is 1.53. The van der Waals surface area contributed by atoms with Crippen molar-refractivity contribution in [1.82, 2.24) is 0 Å². The molecule has 4 aliphatic carbocycles. The topological polar surface area (TPSA) is 43.4 Å². The lowest BCUT2D eigenvalue weighted by Gasteiger charge is -2.68. The predicted octanol–water partition coefficient (Wildman–Crippen LogP) is 6.26. The molecule has 1 aliphatic heterocycles. The molecule has 3 nitrogen and oxygen atoms in total. The molecule has 0 N–H and O–H groups in total. The van der Waals surface area contributed by atoms with Crippen molar-refractivity contribution >= 4 is 11.8 Å². The average Bonchev–Trinajstić information content (AvgIpc) is 2.98. The van der Waals surface area contributed by atoms with Crippen LogP contribution in [0.15, 0.2) is 11.1 Å². The van der Waals surface area contributed by atoms with Crippen LogP contribution in [0.4, 0.5) is 0 Å². The highest BCUT2D eigenvalue weighted by atomic mass is 16.5. The maximum atomic E-state index is 13.9. The van der Waals surface area contributed by atoms with Crippen molar-refractivity contribution < 1.29 is 14.3 Å². The number of cyclic esters (lactones) is 1. The highest BCUT2D eigenvalue weighted by Gasteiger charge is 2.69. The Labute approximate surface area is 182 Å². The molecule has 0 amide bonds. The second-order valence-corrected chi connectivity index (χ2v) is 12.4. The lowest BCUT2D eigenvalue weighted by atomic mass is 9.35. The molecule has 0 saturated heterocycles. The van der Waals surface area contributed by atoms with E-state index in [2.05, 4.69) is 34.6 Å². The molecule has 0 unspecified atom stereocenters. The van der Waals surface area contributed by atoms with E-state index in [-0.39, 0.29) is 28.8 Å². The molecule has 5 rings (SSSR count). The Morgan fingerprint density at radius 3 is 2.33 bits per heavy atom. The van der Waals surface area contributed by atoms with Crippen LogP contribution in [0, 0.1) is 39.4 Å². The number of fused-ring (bicyclic) bond motifs is 6. The van der Waals surface area contributed by atoms with Gasteiger partial charge >= 0.3 is 5.97 Å². The molecule has 3 heteroatoms. The van der Waals surface area contributed by atoms with Crippen LogP contribution in [0.2, 0.25) is 0 Å². The first kappa shape index (κ1) is 20.8. The zero-order valence-electron chi connectivity index (χ0n) is 19.9. The maximum Gasteiger partial charge on any atom is 0.335 e. The van der Waals surface area contributed by atoms with Gasteiger partial charge in [0.1, 0.15) is 11.9 Å². The Bertz CT molecular complexity index is 841. The third-order valence-electron chi connectivity index (χ3n) is 11.5. The van der Waals surface area contributed by atoms with E-state index in [0.29, 0.717) is 29.5 Å². The van der Waals surface area contributed by atoms with Gasteiger partial charge in [-0.25, -0.2) is 4.79 Å². The third kappa shape index (κ3) is 2.28. The number of hydrogen-bond donors (Lipinski definition) is 0. The van der Waals surface area contributed by atoms with E-state index in [0.717, 1.165) is 24.0 Å². The molecule has 0 spiro atoms. The van der Waals surface area contributed by atoms with E-state index >= 15 is 0 Å². The molecule has 0 aromatic carbocycles. The Hall–Kier alpha value is -1.12. The van der Waals surface area contributed by atoms with Crippen LogP contribution in [0.25, 0.3) is 0 Å². The van der Waals surface area contributed by atoms with Gasteiger partial charge in [0, 0.05) is 6.42 Å². The number of hydrogen-bond acceptors (Lipinski definition) is 3. The highest BCUT2D eigenvalue weighted by molar-refractivity contribution is 6.04. The zero-order valence-corrected chi connectivity index (χ0v) is 19.9. The zero-order chi connectivity index (χ0) is 21.7. The SMILES string of the molecule is CC[C@@]1(C)CCC[C@]2(C)[C@H]3CC(=O)[C@]4(C)C5=C(CC[C@@H]4[C@]3(C)CC[C@H]12)[C@H](C)OC5=O. The summed E-state index contributed by atoms with van der Waals surface area (Å²) in [5.41, 5.74) is 2.00. The van der Waals surface area contributed by atoms with Gasteiger partial charge in [-0.2, -0.15) is 0 Å². The fourth-order valence-electron chi connectivity index (χ4n) is 9.78. The van der Waals surface area contributed by atoms with Gasteiger partial charge in [-0.05, 0) is 91.9 Å². The van der Waals surface area contributed by atoms with Crippen LogP contribution < -0.4 is 0 Å². The van der Waals surface area contributed by atoms with Crippen molar-refractivity contribution in [2.24, 2.45) is 39.4 Å². The number of carbonyl (C=O) groups is 2. The van der Waals surface area contributed by atoms with Gasteiger partial charge in [-0.3, -0.25) is 4.79 Å². The van der Waals surface area contributed by atoms with E-state index < -0.39 is 5.41 Å². The molecule has 0 radical (unpaired) electrons.